The number of hydrogen-bond donors (Lipinski definition) is 0. The van der Waals surface area contributed by atoms with Crippen LogP contribution in [0.1, 0.15) is 30.9 Å². The van der Waals surface area contributed by atoms with Gasteiger partial charge in [0.2, 0.25) is 0 Å². The Morgan fingerprint density at radius 3 is 2.21 bits per heavy atom. The molecule has 3 heterocycles. The minimum Gasteiger partial charge on any atom is -0.500 e. The molecule has 9 aromatic rings. The van der Waals surface area contributed by atoms with Gasteiger partial charge in [-0.3, -0.25) is 4.98 Å². The van der Waals surface area contributed by atoms with Crippen LogP contribution in [0.15, 0.2) is 161 Å². The Labute approximate surface area is 317 Å². The molecule has 5 heteroatoms. The smallest absolute Gasteiger partial charge is 0.500 e. The van der Waals surface area contributed by atoms with Crippen LogP contribution in [0.2, 0.25) is 0 Å². The van der Waals surface area contributed by atoms with Crippen molar-refractivity contribution in [3.63, 3.8) is 0 Å². The van der Waals surface area contributed by atoms with Crippen molar-refractivity contribution < 1.29 is 33.5 Å². The third-order valence-corrected chi connectivity index (χ3v) is 9.27. The molecule has 0 aliphatic rings. The molecule has 0 unspecified atom stereocenters. The molecule has 0 amide bonds. The van der Waals surface area contributed by atoms with Gasteiger partial charge in [0.05, 0.1) is 23.0 Å². The molecule has 52 heavy (non-hydrogen) atoms. The van der Waals surface area contributed by atoms with Crippen molar-refractivity contribution in [1.82, 2.24) is 4.98 Å². The molecule has 0 N–H and O–H groups in total. The van der Waals surface area contributed by atoms with Crippen molar-refractivity contribution in [2.24, 2.45) is 0 Å². The van der Waals surface area contributed by atoms with Crippen LogP contribution in [0.25, 0.3) is 78.0 Å². The van der Waals surface area contributed by atoms with Gasteiger partial charge in [-0.05, 0) is 45.9 Å². The first-order valence-corrected chi connectivity index (χ1v) is 17.1. The number of pyridine rings is 1. The van der Waals surface area contributed by atoms with Crippen LogP contribution in [-0.4, -0.2) is 4.98 Å². The number of fused-ring (bicyclic) bond motifs is 4. The summed E-state index contributed by atoms with van der Waals surface area (Å²) in [6, 6.07) is 52.7. The summed E-state index contributed by atoms with van der Waals surface area (Å²) in [5.74, 6) is 0.855. The molecule has 0 fully saturated rings. The zero-order valence-corrected chi connectivity index (χ0v) is 31.4. The summed E-state index contributed by atoms with van der Waals surface area (Å²) in [6.07, 6.45) is 1.93. The SMILES string of the molecule is CC(C)c1cc(-c2ccccc2)ccc1-c1cccc2nc(-c3[c-]ccc4c3oc3ccccc34)oc12.[CH2-]c1ccccc1-c1cccc[n+]1[CH2-].[Ir+3]. The van der Waals surface area contributed by atoms with Gasteiger partial charge in [0.25, 0.3) is 0 Å². The fraction of sp³-hybridized carbons (Fsp3) is 0.0638. The molecule has 0 aliphatic carbocycles. The second kappa shape index (κ2) is 14.8. The molecule has 0 saturated heterocycles. The summed E-state index contributed by atoms with van der Waals surface area (Å²) in [6.45, 7) is 8.46. The van der Waals surface area contributed by atoms with E-state index in [1.54, 1.807) is 0 Å². The molecule has 4 nitrogen and oxygen atoms in total. The summed E-state index contributed by atoms with van der Waals surface area (Å²) in [5.41, 5.74) is 13.0. The van der Waals surface area contributed by atoms with E-state index in [2.05, 4.69) is 94.5 Å². The monoisotopic (exact) mass is 853 g/mol. The Balaban J connectivity index is 0.000000236. The Hall–Kier alpha value is -5.87. The number of para-hydroxylation sites is 2. The molecule has 0 radical (unpaired) electrons. The number of hydrogen-bond acceptors (Lipinski definition) is 3. The van der Waals surface area contributed by atoms with Crippen molar-refractivity contribution in [2.75, 3.05) is 0 Å². The second-order valence-electron chi connectivity index (χ2n) is 12.9. The predicted octanol–water partition coefficient (Wildman–Crippen LogP) is 12.1. The topological polar surface area (TPSA) is 43.1 Å². The zero-order chi connectivity index (χ0) is 34.9. The fourth-order valence-electron chi connectivity index (χ4n) is 6.70. The van der Waals surface area contributed by atoms with Crippen molar-refractivity contribution in [3.8, 4) is 45.0 Å². The summed E-state index contributed by atoms with van der Waals surface area (Å²) in [5, 5.41) is 2.11. The normalized spacial score (nSPS) is 11.1. The van der Waals surface area contributed by atoms with E-state index in [1.807, 2.05) is 95.7 Å². The number of nitrogens with zero attached hydrogens (tertiary/aromatic N) is 2. The van der Waals surface area contributed by atoms with Crippen LogP contribution < -0.4 is 4.57 Å². The van der Waals surface area contributed by atoms with Crippen LogP contribution >= 0.6 is 0 Å². The molecular weight excluding hydrogens is 817 g/mol. The van der Waals surface area contributed by atoms with Gasteiger partial charge >= 0.3 is 20.1 Å². The number of oxazole rings is 1. The van der Waals surface area contributed by atoms with Crippen LogP contribution in [0, 0.1) is 20.0 Å². The first-order chi connectivity index (χ1) is 25.0. The van der Waals surface area contributed by atoms with E-state index in [1.165, 1.54) is 16.7 Å². The Morgan fingerprint density at radius 1 is 0.654 bits per heavy atom. The summed E-state index contributed by atoms with van der Waals surface area (Å²) >= 11 is 0. The Morgan fingerprint density at radius 2 is 1.40 bits per heavy atom. The van der Waals surface area contributed by atoms with E-state index in [9.17, 15) is 0 Å². The Bertz CT molecular complexity index is 2610. The van der Waals surface area contributed by atoms with Gasteiger partial charge in [0.15, 0.2) is 0 Å². The molecule has 9 rings (SSSR count). The van der Waals surface area contributed by atoms with Gasteiger partial charge < -0.3 is 13.4 Å². The van der Waals surface area contributed by atoms with Gasteiger partial charge in [-0.1, -0.05) is 122 Å². The molecule has 3 aromatic heterocycles. The molecular formula is C47H36IrN2O2+. The first kappa shape index (κ1) is 34.6. The van der Waals surface area contributed by atoms with E-state index in [-0.39, 0.29) is 20.1 Å². The molecule has 0 bridgehead atoms. The number of rotatable bonds is 5. The standard InChI is InChI=1S/C34H24NO2.C13H12N.Ir/c1-21(2)29-20-23(22-10-4-3-5-11-22)18-19-24(29)26-14-9-16-30-33(26)37-34(35-30)28-15-8-13-27-25-12-6-7-17-31(25)36-32(27)28;1-11-7-3-4-8-12(11)13-9-5-6-10-14(13)2;/h3-14,16-21H,1-2H3;3-10H,1-2H2;/q2*-1;+3. The first-order valence-electron chi connectivity index (χ1n) is 17.1. The molecule has 0 spiro atoms. The van der Waals surface area contributed by atoms with E-state index in [0.29, 0.717) is 11.8 Å². The van der Waals surface area contributed by atoms with E-state index in [4.69, 9.17) is 13.8 Å². The van der Waals surface area contributed by atoms with Gasteiger partial charge in [-0.2, -0.15) is 18.6 Å². The Kier molecular flexibility index (Phi) is 9.82. The maximum absolute atomic E-state index is 6.49. The van der Waals surface area contributed by atoms with Crippen molar-refractivity contribution in [1.29, 1.82) is 0 Å². The van der Waals surface area contributed by atoms with Gasteiger partial charge in [0, 0.05) is 18.0 Å². The number of benzene rings is 6. The minimum atomic E-state index is 0. The maximum atomic E-state index is 6.49. The van der Waals surface area contributed by atoms with Crippen molar-refractivity contribution >= 4 is 33.0 Å². The van der Waals surface area contributed by atoms with E-state index >= 15 is 0 Å². The number of furan rings is 1. The van der Waals surface area contributed by atoms with Crippen molar-refractivity contribution in [3.05, 3.63) is 183 Å². The third kappa shape index (κ3) is 6.53. The molecule has 0 atom stereocenters. The zero-order valence-electron chi connectivity index (χ0n) is 29.0. The van der Waals surface area contributed by atoms with Crippen LogP contribution in [0.3, 0.4) is 0 Å². The van der Waals surface area contributed by atoms with E-state index < -0.39 is 0 Å². The average molecular weight is 853 g/mol. The van der Waals surface area contributed by atoms with Crippen LogP contribution in [0.4, 0.5) is 0 Å². The molecule has 0 aliphatic heterocycles. The summed E-state index contributed by atoms with van der Waals surface area (Å²) in [4.78, 5) is 4.87. The van der Waals surface area contributed by atoms with Crippen LogP contribution in [-0.2, 0) is 20.1 Å². The van der Waals surface area contributed by atoms with Crippen molar-refractivity contribution in [2.45, 2.75) is 19.8 Å². The minimum absolute atomic E-state index is 0. The summed E-state index contributed by atoms with van der Waals surface area (Å²) < 4.78 is 14.6. The van der Waals surface area contributed by atoms with Gasteiger partial charge in [0.1, 0.15) is 17.1 Å². The maximum Gasteiger partial charge on any atom is 3.00 e. The third-order valence-electron chi connectivity index (χ3n) is 9.27. The van der Waals surface area contributed by atoms with Gasteiger partial charge in [-0.15, -0.1) is 35.9 Å². The quantitative estimate of drug-likeness (QED) is 0.128. The average Bonchev–Trinajstić information content (AvgIpc) is 3.78. The fourth-order valence-corrected chi connectivity index (χ4v) is 6.70. The second-order valence-corrected chi connectivity index (χ2v) is 12.9. The molecule has 254 valence electrons. The molecule has 6 aromatic carbocycles. The molecule has 0 saturated carbocycles. The largest absolute Gasteiger partial charge is 3.00 e. The predicted molar refractivity (Wildman–Crippen MR) is 208 cm³/mol. The van der Waals surface area contributed by atoms with Gasteiger partial charge in [-0.25, -0.2) is 0 Å². The van der Waals surface area contributed by atoms with Crippen LogP contribution in [0.5, 0.6) is 0 Å². The number of aromatic nitrogens is 2. The van der Waals surface area contributed by atoms with E-state index in [0.717, 1.165) is 66.5 Å². The summed E-state index contributed by atoms with van der Waals surface area (Å²) in [7, 11) is 3.93.